The minimum absolute atomic E-state index is 0.0294. The summed E-state index contributed by atoms with van der Waals surface area (Å²) in [6.07, 6.45) is 1.51. The fourth-order valence-electron chi connectivity index (χ4n) is 2.43. The van der Waals surface area contributed by atoms with Crippen LogP contribution in [0.2, 0.25) is 0 Å². The third kappa shape index (κ3) is 3.38. The van der Waals surface area contributed by atoms with E-state index in [1.54, 1.807) is 25.2 Å². The molecule has 0 saturated carbocycles. The van der Waals surface area contributed by atoms with Gasteiger partial charge in [0.25, 0.3) is 0 Å². The van der Waals surface area contributed by atoms with Crippen LogP contribution in [0.15, 0.2) is 29.2 Å². The third-order valence-corrected chi connectivity index (χ3v) is 5.57. The molecule has 112 valence electrons. The van der Waals surface area contributed by atoms with Gasteiger partial charge in [-0.3, -0.25) is 0 Å². The fraction of sp³-hybridized carbons (Fsp3) is 0.571. The lowest BCUT2D eigenvalue weighted by Crippen LogP contribution is -2.40. The summed E-state index contributed by atoms with van der Waals surface area (Å²) in [7, 11) is 0.0759. The van der Waals surface area contributed by atoms with E-state index in [1.165, 1.54) is 4.31 Å². The second-order valence-corrected chi connectivity index (χ2v) is 7.04. The van der Waals surface area contributed by atoms with Gasteiger partial charge in [-0.1, -0.05) is 12.1 Å². The largest absolute Gasteiger partial charge is 0.381 e. The average molecular weight is 298 g/mol. The molecule has 1 N–H and O–H groups in total. The summed E-state index contributed by atoms with van der Waals surface area (Å²) in [5.41, 5.74) is 0.967. The van der Waals surface area contributed by atoms with Crippen molar-refractivity contribution in [2.45, 2.75) is 30.3 Å². The standard InChI is InChI=1S/C14H22N2O3S/c1-15-11-12-4-3-5-14(10-12)20(17,18)16(2)13-6-8-19-9-7-13/h3-5,10,13,15H,6-9,11H2,1-2H3. The van der Waals surface area contributed by atoms with E-state index in [4.69, 9.17) is 4.74 Å². The predicted octanol–water partition coefficient (Wildman–Crippen LogP) is 1.21. The summed E-state index contributed by atoms with van der Waals surface area (Å²) in [6.45, 7) is 1.92. The van der Waals surface area contributed by atoms with Crippen LogP contribution in [0.4, 0.5) is 0 Å². The monoisotopic (exact) mass is 298 g/mol. The molecule has 5 nitrogen and oxygen atoms in total. The highest BCUT2D eigenvalue weighted by molar-refractivity contribution is 7.89. The molecule has 0 atom stereocenters. The van der Waals surface area contributed by atoms with Crippen LogP contribution in [0.1, 0.15) is 18.4 Å². The lowest BCUT2D eigenvalue weighted by molar-refractivity contribution is 0.0632. The number of sulfonamides is 1. The Balaban J connectivity index is 2.22. The maximum atomic E-state index is 12.7. The van der Waals surface area contributed by atoms with Crippen molar-refractivity contribution in [2.75, 3.05) is 27.3 Å². The molecule has 1 aliphatic rings. The van der Waals surface area contributed by atoms with Crippen LogP contribution in [0.25, 0.3) is 0 Å². The molecule has 0 spiro atoms. The molecule has 2 rings (SSSR count). The maximum Gasteiger partial charge on any atom is 0.243 e. The first-order valence-electron chi connectivity index (χ1n) is 6.85. The van der Waals surface area contributed by atoms with Gasteiger partial charge >= 0.3 is 0 Å². The highest BCUT2D eigenvalue weighted by atomic mass is 32.2. The van der Waals surface area contributed by atoms with E-state index in [1.807, 2.05) is 13.1 Å². The first-order chi connectivity index (χ1) is 9.55. The van der Waals surface area contributed by atoms with E-state index in [-0.39, 0.29) is 6.04 Å². The Labute approximate surface area is 121 Å². The van der Waals surface area contributed by atoms with Crippen molar-refractivity contribution in [3.05, 3.63) is 29.8 Å². The zero-order chi connectivity index (χ0) is 14.6. The number of hydrogen-bond acceptors (Lipinski definition) is 4. The van der Waals surface area contributed by atoms with Crippen LogP contribution in [-0.2, 0) is 21.3 Å². The number of nitrogens with one attached hydrogen (secondary N) is 1. The molecule has 0 amide bonds. The molecule has 1 fully saturated rings. The number of rotatable bonds is 5. The molecule has 1 aliphatic heterocycles. The van der Waals surface area contributed by atoms with E-state index in [9.17, 15) is 8.42 Å². The van der Waals surface area contributed by atoms with Crippen molar-refractivity contribution >= 4 is 10.0 Å². The van der Waals surface area contributed by atoms with E-state index in [0.717, 1.165) is 18.4 Å². The molecule has 1 heterocycles. The Kier molecular flexibility index (Phi) is 5.15. The average Bonchev–Trinajstić information content (AvgIpc) is 2.48. The topological polar surface area (TPSA) is 58.6 Å². The Morgan fingerprint density at radius 3 is 2.70 bits per heavy atom. The van der Waals surface area contributed by atoms with Gasteiger partial charge in [0.05, 0.1) is 4.90 Å². The van der Waals surface area contributed by atoms with E-state index >= 15 is 0 Å². The molecule has 0 unspecified atom stereocenters. The molecular formula is C14H22N2O3S. The minimum Gasteiger partial charge on any atom is -0.381 e. The van der Waals surface area contributed by atoms with Crippen molar-refractivity contribution in [1.82, 2.24) is 9.62 Å². The normalized spacial score (nSPS) is 17.6. The second kappa shape index (κ2) is 6.67. The van der Waals surface area contributed by atoms with Crippen molar-refractivity contribution in [3.8, 4) is 0 Å². The fourth-order valence-corrected chi connectivity index (χ4v) is 3.92. The lowest BCUT2D eigenvalue weighted by atomic mass is 10.1. The van der Waals surface area contributed by atoms with Gasteiger partial charge in [0, 0.05) is 32.8 Å². The van der Waals surface area contributed by atoms with Gasteiger partial charge in [0.1, 0.15) is 0 Å². The van der Waals surface area contributed by atoms with Gasteiger partial charge in [-0.15, -0.1) is 0 Å². The second-order valence-electron chi connectivity index (χ2n) is 5.04. The zero-order valence-electron chi connectivity index (χ0n) is 12.0. The van der Waals surface area contributed by atoms with Crippen LogP contribution in [0.5, 0.6) is 0 Å². The predicted molar refractivity (Wildman–Crippen MR) is 78.0 cm³/mol. The Morgan fingerprint density at radius 2 is 2.05 bits per heavy atom. The van der Waals surface area contributed by atoms with Crippen molar-refractivity contribution in [1.29, 1.82) is 0 Å². The highest BCUT2D eigenvalue weighted by Crippen LogP contribution is 2.22. The Morgan fingerprint density at radius 1 is 1.35 bits per heavy atom. The molecule has 20 heavy (non-hydrogen) atoms. The van der Waals surface area contributed by atoms with Gasteiger partial charge in [-0.2, -0.15) is 4.31 Å². The highest BCUT2D eigenvalue weighted by Gasteiger charge is 2.29. The van der Waals surface area contributed by atoms with Crippen LogP contribution in [0, 0.1) is 0 Å². The first-order valence-corrected chi connectivity index (χ1v) is 8.29. The quantitative estimate of drug-likeness (QED) is 0.887. The third-order valence-electron chi connectivity index (χ3n) is 3.66. The summed E-state index contributed by atoms with van der Waals surface area (Å²) in [4.78, 5) is 0.360. The number of benzene rings is 1. The molecule has 0 radical (unpaired) electrons. The van der Waals surface area contributed by atoms with E-state index in [0.29, 0.717) is 24.7 Å². The number of hydrogen-bond donors (Lipinski definition) is 1. The molecule has 6 heteroatoms. The van der Waals surface area contributed by atoms with Gasteiger partial charge in [-0.25, -0.2) is 8.42 Å². The molecular weight excluding hydrogens is 276 g/mol. The lowest BCUT2D eigenvalue weighted by Gasteiger charge is -2.30. The van der Waals surface area contributed by atoms with Gasteiger partial charge in [0.15, 0.2) is 0 Å². The molecule has 1 aromatic rings. The Bertz CT molecular complexity index is 539. The van der Waals surface area contributed by atoms with Crippen molar-refractivity contribution in [3.63, 3.8) is 0 Å². The molecule has 0 aliphatic carbocycles. The maximum absolute atomic E-state index is 12.7. The van der Waals surface area contributed by atoms with Gasteiger partial charge in [0.2, 0.25) is 10.0 Å². The van der Waals surface area contributed by atoms with Crippen LogP contribution in [-0.4, -0.2) is 46.1 Å². The first kappa shape index (κ1) is 15.4. The summed E-state index contributed by atoms with van der Waals surface area (Å²) >= 11 is 0. The summed E-state index contributed by atoms with van der Waals surface area (Å²) in [5.74, 6) is 0. The number of ether oxygens (including phenoxy) is 1. The summed E-state index contributed by atoms with van der Waals surface area (Å²) in [6, 6.07) is 7.13. The summed E-state index contributed by atoms with van der Waals surface area (Å²) in [5, 5.41) is 3.03. The summed E-state index contributed by atoms with van der Waals surface area (Å²) < 4.78 is 32.1. The number of nitrogens with zero attached hydrogens (tertiary/aromatic N) is 1. The Hall–Kier alpha value is -0.950. The van der Waals surface area contributed by atoms with E-state index in [2.05, 4.69) is 5.32 Å². The van der Waals surface area contributed by atoms with Crippen LogP contribution < -0.4 is 5.32 Å². The van der Waals surface area contributed by atoms with E-state index < -0.39 is 10.0 Å². The van der Waals surface area contributed by atoms with Gasteiger partial charge < -0.3 is 10.1 Å². The molecule has 0 bridgehead atoms. The van der Waals surface area contributed by atoms with Crippen molar-refractivity contribution < 1.29 is 13.2 Å². The molecule has 1 saturated heterocycles. The van der Waals surface area contributed by atoms with Crippen LogP contribution >= 0.6 is 0 Å². The zero-order valence-corrected chi connectivity index (χ0v) is 12.8. The SMILES string of the molecule is CNCc1cccc(S(=O)(=O)N(C)C2CCOCC2)c1. The minimum atomic E-state index is -3.43. The smallest absolute Gasteiger partial charge is 0.243 e. The van der Waals surface area contributed by atoms with Crippen molar-refractivity contribution in [2.24, 2.45) is 0 Å². The molecule has 1 aromatic carbocycles. The molecule has 0 aromatic heterocycles. The van der Waals surface area contributed by atoms with Gasteiger partial charge in [-0.05, 0) is 37.6 Å². The van der Waals surface area contributed by atoms with Crippen LogP contribution in [0.3, 0.4) is 0 Å².